The van der Waals surface area contributed by atoms with Crippen LogP contribution in [0.1, 0.15) is 29.8 Å². The van der Waals surface area contributed by atoms with Gasteiger partial charge in [-0.15, -0.1) is 0 Å². The first-order chi connectivity index (χ1) is 17.5. The van der Waals surface area contributed by atoms with Crippen molar-refractivity contribution in [1.29, 1.82) is 0 Å². The molecule has 1 atom stereocenters. The number of methoxy groups -OCH3 is 1. The van der Waals surface area contributed by atoms with Crippen LogP contribution < -0.4 is 21.1 Å². The number of anilines is 1. The zero-order valence-electron chi connectivity index (χ0n) is 20.0. The molecule has 0 spiro atoms. The Morgan fingerprint density at radius 1 is 1.25 bits per heavy atom. The van der Waals surface area contributed by atoms with Gasteiger partial charge in [-0.2, -0.15) is 5.10 Å². The van der Waals surface area contributed by atoms with Gasteiger partial charge in [0.2, 0.25) is 5.88 Å². The first-order valence-corrected chi connectivity index (χ1v) is 11.5. The molecule has 1 aromatic carbocycles. The Hall–Kier alpha value is -4.51. The van der Waals surface area contributed by atoms with Gasteiger partial charge in [-0.3, -0.25) is 4.99 Å². The third kappa shape index (κ3) is 4.09. The zero-order chi connectivity index (χ0) is 25.2. The molecule has 1 fully saturated rings. The first kappa shape index (κ1) is 23.2. The van der Waals surface area contributed by atoms with E-state index in [0.29, 0.717) is 28.9 Å². The van der Waals surface area contributed by atoms with E-state index in [1.54, 1.807) is 36.2 Å². The number of hydrogen-bond acceptors (Lipinski definition) is 8. The number of ether oxygens (including phenoxy) is 2. The molecule has 0 radical (unpaired) electrons. The highest BCUT2D eigenvalue weighted by Crippen LogP contribution is 2.33. The highest BCUT2D eigenvalue weighted by Gasteiger charge is 2.37. The first-order valence-electron chi connectivity index (χ1n) is 11.5. The second-order valence-electron chi connectivity index (χ2n) is 8.13. The molecule has 1 aliphatic heterocycles. The number of rotatable bonds is 7. The van der Waals surface area contributed by atoms with Crippen molar-refractivity contribution in [3.8, 4) is 17.0 Å². The topological polar surface area (TPSA) is 146 Å². The Labute approximate surface area is 207 Å². The lowest BCUT2D eigenvalue weighted by Gasteiger charge is -2.20. The summed E-state index contributed by atoms with van der Waals surface area (Å²) in [4.78, 5) is 27.7. The molecular formula is C25H26N8O3. The van der Waals surface area contributed by atoms with Crippen molar-refractivity contribution in [3.05, 3.63) is 71.7 Å². The van der Waals surface area contributed by atoms with Crippen LogP contribution >= 0.6 is 0 Å². The molecule has 0 unspecified atom stereocenters. The maximum Gasteiger partial charge on any atom is 0.416 e. The lowest BCUT2D eigenvalue weighted by molar-refractivity contribution is 0.178. The van der Waals surface area contributed by atoms with E-state index in [2.05, 4.69) is 22.0 Å². The fourth-order valence-electron chi connectivity index (χ4n) is 4.31. The minimum atomic E-state index is -0.491. The van der Waals surface area contributed by atoms with Gasteiger partial charge in [0.1, 0.15) is 24.3 Å². The number of aliphatic imine (C=N–C) groups is 1. The predicted octanol–water partition coefficient (Wildman–Crippen LogP) is 2.68. The standard InChI is InChI=1S/C25H26N8O3/c1-3-15-11-16(7-8-17(15)23(27)28-14-26)18-12-29-32-10-9-21(31-24(18)32)33-20(13-36-25(33)34)19-5-4-6-22(30-19)35-2/h4-12,20H,3,13-14,26H2,1-2H3,(H2,27,28)/t20-/m1/s1. The van der Waals surface area contributed by atoms with Gasteiger partial charge in [-0.05, 0) is 29.7 Å². The van der Waals surface area contributed by atoms with Gasteiger partial charge in [-0.25, -0.2) is 24.2 Å². The fourth-order valence-corrected chi connectivity index (χ4v) is 4.31. The Morgan fingerprint density at radius 2 is 2.11 bits per heavy atom. The molecule has 0 aliphatic carbocycles. The number of pyridine rings is 1. The maximum absolute atomic E-state index is 12.7. The second-order valence-corrected chi connectivity index (χ2v) is 8.13. The van der Waals surface area contributed by atoms with Crippen molar-refractivity contribution in [2.45, 2.75) is 19.4 Å². The number of carbonyl (C=O) groups is 1. The summed E-state index contributed by atoms with van der Waals surface area (Å²) >= 11 is 0. The second kappa shape index (κ2) is 9.62. The van der Waals surface area contributed by atoms with Crippen LogP contribution in [0.4, 0.5) is 10.6 Å². The summed E-state index contributed by atoms with van der Waals surface area (Å²) in [5, 5.41) is 4.45. The molecule has 5 rings (SSSR count). The summed E-state index contributed by atoms with van der Waals surface area (Å²) in [5.74, 6) is 1.31. The maximum atomic E-state index is 12.7. The van der Waals surface area contributed by atoms with Gasteiger partial charge < -0.3 is 20.9 Å². The predicted molar refractivity (Wildman–Crippen MR) is 135 cm³/mol. The number of amides is 1. The molecule has 4 aromatic rings. The van der Waals surface area contributed by atoms with Crippen LogP contribution in [0.25, 0.3) is 16.8 Å². The Kier molecular flexibility index (Phi) is 6.21. The molecule has 0 saturated carbocycles. The van der Waals surface area contributed by atoms with E-state index in [1.807, 2.05) is 30.3 Å². The van der Waals surface area contributed by atoms with Crippen LogP contribution in [-0.4, -0.2) is 51.9 Å². The quantitative estimate of drug-likeness (QED) is 0.299. The number of nitrogens with zero attached hydrogens (tertiary/aromatic N) is 6. The molecule has 36 heavy (non-hydrogen) atoms. The summed E-state index contributed by atoms with van der Waals surface area (Å²) in [5.41, 5.74) is 16.5. The molecule has 1 saturated heterocycles. The SMILES string of the molecule is CCc1cc(-c2cnn3ccc(N4C(=O)OC[C@@H]4c4cccc(OC)n4)nc23)ccc1/C(N)=N/CN. The Balaban J connectivity index is 1.56. The summed E-state index contributed by atoms with van der Waals surface area (Å²) in [6.45, 7) is 2.34. The number of carbonyl (C=O) groups excluding carboxylic acids is 1. The zero-order valence-corrected chi connectivity index (χ0v) is 20.0. The van der Waals surface area contributed by atoms with Gasteiger partial charge in [0.05, 0.1) is 25.7 Å². The highest BCUT2D eigenvalue weighted by atomic mass is 16.6. The number of amidine groups is 1. The van der Waals surface area contributed by atoms with E-state index < -0.39 is 12.1 Å². The molecular weight excluding hydrogens is 460 g/mol. The summed E-state index contributed by atoms with van der Waals surface area (Å²) < 4.78 is 12.3. The minimum absolute atomic E-state index is 0.128. The number of hydrogen-bond donors (Lipinski definition) is 2. The summed E-state index contributed by atoms with van der Waals surface area (Å²) in [7, 11) is 1.55. The van der Waals surface area contributed by atoms with Crippen molar-refractivity contribution in [3.63, 3.8) is 0 Å². The number of nitrogens with two attached hydrogens (primary N) is 2. The van der Waals surface area contributed by atoms with Crippen LogP contribution in [0.3, 0.4) is 0 Å². The Bertz CT molecular complexity index is 1460. The van der Waals surface area contributed by atoms with E-state index in [0.717, 1.165) is 28.7 Å². The summed E-state index contributed by atoms with van der Waals surface area (Å²) in [6, 6.07) is 12.6. The third-order valence-corrected chi connectivity index (χ3v) is 6.10. The number of fused-ring (bicyclic) bond motifs is 1. The van der Waals surface area contributed by atoms with Crippen LogP contribution in [0.5, 0.6) is 5.88 Å². The molecule has 0 bridgehead atoms. The van der Waals surface area contributed by atoms with E-state index in [4.69, 9.17) is 25.9 Å². The van der Waals surface area contributed by atoms with Crippen LogP contribution in [0.2, 0.25) is 0 Å². The Morgan fingerprint density at radius 3 is 2.89 bits per heavy atom. The molecule has 1 amide bonds. The average molecular weight is 487 g/mol. The largest absolute Gasteiger partial charge is 0.481 e. The third-order valence-electron chi connectivity index (χ3n) is 6.10. The van der Waals surface area contributed by atoms with Gasteiger partial charge in [0, 0.05) is 23.4 Å². The van der Waals surface area contributed by atoms with Gasteiger partial charge in [0.25, 0.3) is 0 Å². The number of benzene rings is 1. The fraction of sp³-hybridized carbons (Fsp3) is 0.240. The molecule has 3 aromatic heterocycles. The molecule has 1 aliphatic rings. The minimum Gasteiger partial charge on any atom is -0.481 e. The van der Waals surface area contributed by atoms with Crippen LogP contribution in [0, 0.1) is 0 Å². The summed E-state index contributed by atoms with van der Waals surface area (Å²) in [6.07, 6.45) is 3.79. The van der Waals surface area contributed by atoms with Gasteiger partial charge in [0.15, 0.2) is 5.65 Å². The van der Waals surface area contributed by atoms with Crippen LogP contribution in [-0.2, 0) is 11.2 Å². The lowest BCUT2D eigenvalue weighted by atomic mass is 9.98. The molecule has 11 heteroatoms. The monoisotopic (exact) mass is 486 g/mol. The lowest BCUT2D eigenvalue weighted by Crippen LogP contribution is -2.28. The normalized spacial score (nSPS) is 16.0. The van der Waals surface area contributed by atoms with Crippen molar-refractivity contribution in [2.75, 3.05) is 25.3 Å². The van der Waals surface area contributed by atoms with Crippen LogP contribution in [0.15, 0.2) is 59.9 Å². The van der Waals surface area contributed by atoms with E-state index in [9.17, 15) is 4.79 Å². The van der Waals surface area contributed by atoms with Crippen molar-refractivity contribution in [2.24, 2.45) is 16.5 Å². The number of aryl methyl sites for hydroxylation is 1. The van der Waals surface area contributed by atoms with Crippen molar-refractivity contribution >= 4 is 23.4 Å². The molecule has 4 heterocycles. The average Bonchev–Trinajstić information content (AvgIpc) is 3.51. The smallest absolute Gasteiger partial charge is 0.416 e. The molecule has 4 N–H and O–H groups in total. The number of cyclic esters (lactones) is 1. The van der Waals surface area contributed by atoms with Gasteiger partial charge in [-0.1, -0.05) is 31.2 Å². The van der Waals surface area contributed by atoms with E-state index in [1.165, 1.54) is 4.90 Å². The van der Waals surface area contributed by atoms with Crippen molar-refractivity contribution in [1.82, 2.24) is 19.6 Å². The van der Waals surface area contributed by atoms with Crippen molar-refractivity contribution < 1.29 is 14.3 Å². The van der Waals surface area contributed by atoms with E-state index >= 15 is 0 Å². The molecule has 11 nitrogen and oxygen atoms in total. The molecule has 184 valence electrons. The van der Waals surface area contributed by atoms with Gasteiger partial charge >= 0.3 is 6.09 Å². The number of aromatic nitrogens is 4. The van der Waals surface area contributed by atoms with E-state index in [-0.39, 0.29) is 13.3 Å². The highest BCUT2D eigenvalue weighted by molar-refractivity contribution is 5.99.